The van der Waals surface area contributed by atoms with Crippen LogP contribution in [0.25, 0.3) is 0 Å². The standard InChI is InChI=1S/C16H14ClFN2/c1-11(19)8-16-15(17)9-13(10-20-16)3-2-12-4-6-14(18)7-5-12/h4-7,9-11H,8,19H2,1H3. The summed E-state index contributed by atoms with van der Waals surface area (Å²) in [5, 5.41) is 0.563. The van der Waals surface area contributed by atoms with Crippen molar-refractivity contribution in [1.29, 1.82) is 0 Å². The first kappa shape index (κ1) is 14.5. The molecule has 0 aliphatic heterocycles. The van der Waals surface area contributed by atoms with Gasteiger partial charge in [0.05, 0.1) is 10.7 Å². The van der Waals surface area contributed by atoms with Gasteiger partial charge in [-0.15, -0.1) is 0 Å². The molecule has 1 aromatic carbocycles. The van der Waals surface area contributed by atoms with Crippen LogP contribution in [0.1, 0.15) is 23.7 Å². The Hall–Kier alpha value is -1.89. The van der Waals surface area contributed by atoms with E-state index in [1.807, 2.05) is 6.92 Å². The molecule has 0 aliphatic carbocycles. The molecule has 0 spiro atoms. The van der Waals surface area contributed by atoms with E-state index in [4.69, 9.17) is 17.3 Å². The van der Waals surface area contributed by atoms with Crippen LogP contribution >= 0.6 is 11.6 Å². The molecule has 0 radical (unpaired) electrons. The fraction of sp³-hybridized carbons (Fsp3) is 0.188. The molecule has 2 aromatic rings. The number of nitrogens with two attached hydrogens (primary N) is 1. The lowest BCUT2D eigenvalue weighted by Gasteiger charge is -2.06. The molecule has 2 rings (SSSR count). The normalized spacial score (nSPS) is 11.6. The van der Waals surface area contributed by atoms with Gasteiger partial charge in [0.25, 0.3) is 0 Å². The maximum absolute atomic E-state index is 12.8. The summed E-state index contributed by atoms with van der Waals surface area (Å²) in [4.78, 5) is 4.27. The Morgan fingerprint density at radius 1 is 1.25 bits per heavy atom. The number of rotatable bonds is 2. The van der Waals surface area contributed by atoms with Crippen molar-refractivity contribution in [2.45, 2.75) is 19.4 Å². The number of hydrogen-bond donors (Lipinski definition) is 1. The molecule has 0 bridgehead atoms. The third-order valence-corrected chi connectivity index (χ3v) is 2.96. The second kappa shape index (κ2) is 6.51. The van der Waals surface area contributed by atoms with E-state index in [1.54, 1.807) is 24.4 Å². The molecule has 0 amide bonds. The predicted octanol–water partition coefficient (Wildman–Crippen LogP) is 3.16. The first-order valence-corrected chi connectivity index (χ1v) is 6.60. The van der Waals surface area contributed by atoms with Crippen LogP contribution in [0.3, 0.4) is 0 Å². The zero-order chi connectivity index (χ0) is 14.5. The summed E-state index contributed by atoms with van der Waals surface area (Å²) in [6.45, 7) is 1.90. The summed E-state index contributed by atoms with van der Waals surface area (Å²) in [5.41, 5.74) is 7.95. The van der Waals surface area contributed by atoms with Crippen LogP contribution in [-0.4, -0.2) is 11.0 Å². The Balaban J connectivity index is 2.19. The quantitative estimate of drug-likeness (QED) is 0.862. The molecule has 1 aromatic heterocycles. The van der Waals surface area contributed by atoms with Crippen molar-refractivity contribution < 1.29 is 4.39 Å². The van der Waals surface area contributed by atoms with Gasteiger partial charge in [0.15, 0.2) is 0 Å². The summed E-state index contributed by atoms with van der Waals surface area (Å²) in [7, 11) is 0. The summed E-state index contributed by atoms with van der Waals surface area (Å²) < 4.78 is 12.8. The Morgan fingerprint density at radius 3 is 2.50 bits per heavy atom. The minimum absolute atomic E-state index is 0.0103. The van der Waals surface area contributed by atoms with E-state index in [0.717, 1.165) is 11.3 Å². The van der Waals surface area contributed by atoms with Gasteiger partial charge in [-0.3, -0.25) is 4.98 Å². The van der Waals surface area contributed by atoms with Gasteiger partial charge in [0.1, 0.15) is 5.82 Å². The molecule has 20 heavy (non-hydrogen) atoms. The van der Waals surface area contributed by atoms with Gasteiger partial charge < -0.3 is 5.73 Å². The second-order valence-electron chi connectivity index (χ2n) is 4.59. The number of halogens is 2. The van der Waals surface area contributed by atoms with E-state index in [1.165, 1.54) is 12.1 Å². The van der Waals surface area contributed by atoms with Crippen LogP contribution in [0.2, 0.25) is 5.02 Å². The molecule has 0 fully saturated rings. The second-order valence-corrected chi connectivity index (χ2v) is 5.00. The molecule has 1 atom stereocenters. The third kappa shape index (κ3) is 4.06. The fourth-order valence-corrected chi connectivity index (χ4v) is 1.91. The highest BCUT2D eigenvalue weighted by Gasteiger charge is 2.05. The van der Waals surface area contributed by atoms with Gasteiger partial charge in [-0.05, 0) is 37.3 Å². The summed E-state index contributed by atoms with van der Waals surface area (Å²) in [6.07, 6.45) is 2.30. The van der Waals surface area contributed by atoms with Gasteiger partial charge in [-0.2, -0.15) is 0 Å². The molecule has 2 N–H and O–H groups in total. The molecular formula is C16H14ClFN2. The Kier molecular flexibility index (Phi) is 4.73. The van der Waals surface area contributed by atoms with E-state index < -0.39 is 0 Å². The highest BCUT2D eigenvalue weighted by Crippen LogP contribution is 2.16. The zero-order valence-corrected chi connectivity index (χ0v) is 11.8. The van der Waals surface area contributed by atoms with E-state index in [9.17, 15) is 4.39 Å². The molecule has 2 nitrogen and oxygen atoms in total. The topological polar surface area (TPSA) is 38.9 Å². The SMILES string of the molecule is CC(N)Cc1ncc(C#Cc2ccc(F)cc2)cc1Cl. The van der Waals surface area contributed by atoms with Crippen molar-refractivity contribution in [3.8, 4) is 11.8 Å². The molecule has 102 valence electrons. The fourth-order valence-electron chi connectivity index (χ4n) is 1.67. The lowest BCUT2D eigenvalue weighted by Crippen LogP contribution is -2.18. The van der Waals surface area contributed by atoms with Crippen molar-refractivity contribution in [3.05, 3.63) is 64.2 Å². The Labute approximate surface area is 122 Å². The first-order chi connectivity index (χ1) is 9.54. The van der Waals surface area contributed by atoms with Gasteiger partial charge in [-0.1, -0.05) is 23.4 Å². The minimum atomic E-state index is -0.277. The van der Waals surface area contributed by atoms with E-state index in [2.05, 4.69) is 16.8 Å². The molecule has 4 heteroatoms. The zero-order valence-electron chi connectivity index (χ0n) is 11.0. The van der Waals surface area contributed by atoms with Crippen LogP contribution in [0.5, 0.6) is 0 Å². The molecule has 1 unspecified atom stereocenters. The highest BCUT2D eigenvalue weighted by atomic mass is 35.5. The minimum Gasteiger partial charge on any atom is -0.328 e. The largest absolute Gasteiger partial charge is 0.328 e. The van der Waals surface area contributed by atoms with Crippen LogP contribution < -0.4 is 5.73 Å². The Morgan fingerprint density at radius 2 is 1.90 bits per heavy atom. The van der Waals surface area contributed by atoms with Crippen molar-refractivity contribution in [2.24, 2.45) is 5.73 Å². The number of pyridine rings is 1. The maximum atomic E-state index is 12.8. The third-order valence-electron chi connectivity index (χ3n) is 2.63. The van der Waals surface area contributed by atoms with E-state index in [0.29, 0.717) is 17.0 Å². The van der Waals surface area contributed by atoms with Gasteiger partial charge in [-0.25, -0.2) is 4.39 Å². The number of aromatic nitrogens is 1. The summed E-state index contributed by atoms with van der Waals surface area (Å²) >= 11 is 6.14. The first-order valence-electron chi connectivity index (χ1n) is 6.22. The van der Waals surface area contributed by atoms with E-state index >= 15 is 0 Å². The van der Waals surface area contributed by atoms with Crippen molar-refractivity contribution in [2.75, 3.05) is 0 Å². The molecular weight excluding hydrogens is 275 g/mol. The average molecular weight is 289 g/mol. The van der Waals surface area contributed by atoms with Crippen LogP contribution in [0, 0.1) is 17.7 Å². The smallest absolute Gasteiger partial charge is 0.123 e. The van der Waals surface area contributed by atoms with Crippen molar-refractivity contribution >= 4 is 11.6 Å². The Bertz CT molecular complexity index is 654. The van der Waals surface area contributed by atoms with Gasteiger partial charge >= 0.3 is 0 Å². The molecule has 1 heterocycles. The number of benzene rings is 1. The number of hydrogen-bond acceptors (Lipinski definition) is 2. The van der Waals surface area contributed by atoms with Crippen molar-refractivity contribution in [1.82, 2.24) is 4.98 Å². The predicted molar refractivity (Wildman–Crippen MR) is 79.0 cm³/mol. The summed E-state index contributed by atoms with van der Waals surface area (Å²) in [6, 6.07) is 7.78. The maximum Gasteiger partial charge on any atom is 0.123 e. The average Bonchev–Trinajstić information content (AvgIpc) is 2.40. The highest BCUT2D eigenvalue weighted by molar-refractivity contribution is 6.31. The van der Waals surface area contributed by atoms with Gasteiger partial charge in [0, 0.05) is 29.8 Å². The summed E-state index contributed by atoms with van der Waals surface area (Å²) in [5.74, 6) is 5.61. The van der Waals surface area contributed by atoms with Gasteiger partial charge in [0.2, 0.25) is 0 Å². The van der Waals surface area contributed by atoms with Crippen molar-refractivity contribution in [3.63, 3.8) is 0 Å². The lowest BCUT2D eigenvalue weighted by atomic mass is 10.1. The lowest BCUT2D eigenvalue weighted by molar-refractivity contribution is 0.627. The number of nitrogens with zero attached hydrogens (tertiary/aromatic N) is 1. The monoisotopic (exact) mass is 288 g/mol. The molecule has 0 aliphatic rings. The van der Waals surface area contributed by atoms with Crippen LogP contribution in [-0.2, 0) is 6.42 Å². The van der Waals surface area contributed by atoms with Crippen LogP contribution in [0.4, 0.5) is 4.39 Å². The molecule has 0 saturated carbocycles. The molecule has 0 saturated heterocycles. The van der Waals surface area contributed by atoms with Crippen LogP contribution in [0.15, 0.2) is 36.5 Å². The van der Waals surface area contributed by atoms with E-state index in [-0.39, 0.29) is 11.9 Å².